The Balaban J connectivity index is -0.000000109. The van der Waals surface area contributed by atoms with E-state index in [0.29, 0.717) is 0 Å². The van der Waals surface area contributed by atoms with Gasteiger partial charge in [-0.25, -0.2) is 12.3 Å². The molecule has 0 aliphatic carbocycles. The molecule has 0 saturated heterocycles. The predicted molar refractivity (Wildman–Crippen MR) is 125 cm³/mol. The van der Waals surface area contributed by atoms with Crippen LogP contribution in [0, 0.1) is 0 Å². The first-order chi connectivity index (χ1) is 13.0. The van der Waals surface area contributed by atoms with Crippen molar-refractivity contribution >= 4 is 13.6 Å². The van der Waals surface area contributed by atoms with Gasteiger partial charge in [0.2, 0.25) is 0 Å². The molecule has 0 aromatic heterocycles. The van der Waals surface area contributed by atoms with Crippen LogP contribution in [0.15, 0.2) is 0 Å². The Morgan fingerprint density at radius 2 is 0.862 bits per heavy atom. The summed E-state index contributed by atoms with van der Waals surface area (Å²) in [5.41, 5.74) is 0.108. The van der Waals surface area contributed by atoms with Gasteiger partial charge < -0.3 is 30.9 Å². The van der Waals surface area contributed by atoms with Gasteiger partial charge in [-0.3, -0.25) is 13.6 Å². The Labute approximate surface area is 195 Å². The van der Waals surface area contributed by atoms with E-state index in [-0.39, 0.29) is 42.9 Å². The van der Waals surface area contributed by atoms with E-state index >= 15 is 0 Å². The van der Waals surface area contributed by atoms with Crippen LogP contribution in [-0.2, 0) is 29.1 Å². The predicted octanol–water partition coefficient (Wildman–Crippen LogP) is 6.81. The maximum absolute atomic E-state index is 7.75. The summed E-state index contributed by atoms with van der Waals surface area (Å²) < 4.78 is 0. The maximum atomic E-state index is 7.75. The molecule has 6 nitrogen and oxygen atoms in total. The van der Waals surface area contributed by atoms with Crippen LogP contribution in [0.2, 0.25) is 0 Å². The van der Waals surface area contributed by atoms with Crippen LogP contribution < -0.4 is 0 Å². The first-order valence-electron chi connectivity index (χ1n) is 10.2. The van der Waals surface area contributed by atoms with Crippen LogP contribution in [0.5, 0.6) is 0 Å². The van der Waals surface area contributed by atoms with Crippen LogP contribution in [-0.4, -0.2) is 50.1 Å². The molecule has 174 valence electrons. The van der Waals surface area contributed by atoms with E-state index in [9.17, 15) is 0 Å². The third-order valence-corrected chi connectivity index (χ3v) is 2.95. The molecular formula is C22H46N4O2Ru. The largest absolute Gasteiger partial charge is 6.00 e. The van der Waals surface area contributed by atoms with Crippen molar-refractivity contribution in [3.8, 4) is 0 Å². The molecule has 0 aliphatic heterocycles. The molecule has 0 aliphatic rings. The van der Waals surface area contributed by atoms with Crippen molar-refractivity contribution in [1.82, 2.24) is 0 Å². The van der Waals surface area contributed by atoms with Crippen LogP contribution in [0.3, 0.4) is 0 Å². The van der Waals surface area contributed by atoms with Gasteiger partial charge in [-0.2, -0.15) is 13.1 Å². The van der Waals surface area contributed by atoms with Crippen molar-refractivity contribution in [1.29, 1.82) is 0 Å². The van der Waals surface area contributed by atoms with E-state index in [4.69, 9.17) is 9.59 Å². The topological polar surface area (TPSA) is 90.5 Å². The molecule has 0 aromatic rings. The van der Waals surface area contributed by atoms with Crippen LogP contribution in [0.4, 0.5) is 0 Å². The molecule has 7 heteroatoms. The third kappa shape index (κ3) is 38.9. The van der Waals surface area contributed by atoms with Gasteiger partial charge in [0.1, 0.15) is 0 Å². The summed E-state index contributed by atoms with van der Waals surface area (Å²) in [5.74, 6) is 0. The zero-order valence-electron chi connectivity index (χ0n) is 20.5. The number of hydrogen-bond donors (Lipinski definition) is 0. The van der Waals surface area contributed by atoms with Gasteiger partial charge in [0, 0.05) is 0 Å². The van der Waals surface area contributed by atoms with Gasteiger partial charge in [0.15, 0.2) is 0 Å². The first kappa shape index (κ1) is 39.3. The van der Waals surface area contributed by atoms with Gasteiger partial charge in [0.05, 0.1) is 0 Å². The number of nitrogens with zero attached hydrogens (tertiary/aromatic N) is 4. The third-order valence-electron chi connectivity index (χ3n) is 2.95. The minimum Gasteiger partial charge on any atom is -0.678 e. The Hall–Kier alpha value is -0.197. The number of hydrogen-bond acceptors (Lipinski definition) is 2. The zero-order valence-corrected chi connectivity index (χ0v) is 22.2. The summed E-state index contributed by atoms with van der Waals surface area (Å²) in [5, 5.41) is 18.1. The molecule has 0 bridgehead atoms. The molecule has 0 N–H and O–H groups in total. The first-order valence-corrected chi connectivity index (χ1v) is 10.2. The van der Waals surface area contributed by atoms with E-state index in [1.54, 1.807) is 0 Å². The summed E-state index contributed by atoms with van der Waals surface area (Å²) in [4.78, 5) is 15.5. The standard InChI is InChI=1S/2C10H22N2.2CHO.Ru/c2*1-6-8-9(11-7-2)12-10(3,4)5;2*1-2;/h2*9H,6-8H2,1-5H3;2*1H;/q2*-2;2*-1;+6. The molecule has 0 saturated carbocycles. The Bertz CT molecular complexity index is 266. The molecule has 0 spiro atoms. The van der Waals surface area contributed by atoms with Crippen molar-refractivity contribution in [3.63, 3.8) is 0 Å². The van der Waals surface area contributed by atoms with Gasteiger partial charge >= 0.3 is 19.5 Å². The van der Waals surface area contributed by atoms with E-state index in [1.165, 1.54) is 0 Å². The van der Waals surface area contributed by atoms with Crippen molar-refractivity contribution in [3.05, 3.63) is 21.3 Å². The monoisotopic (exact) mass is 500 g/mol. The summed E-state index contributed by atoms with van der Waals surface area (Å²) in [6.45, 7) is 29.5. The molecule has 0 rings (SSSR count). The van der Waals surface area contributed by atoms with Crippen LogP contribution >= 0.6 is 0 Å². The zero-order chi connectivity index (χ0) is 23.2. The van der Waals surface area contributed by atoms with E-state index in [2.05, 4.69) is 104 Å². The van der Waals surface area contributed by atoms with Crippen LogP contribution in [0.1, 0.15) is 94.9 Å². The van der Waals surface area contributed by atoms with Crippen molar-refractivity contribution < 1.29 is 29.1 Å². The second kappa shape index (κ2) is 25.8. The number of rotatable bonds is 10. The van der Waals surface area contributed by atoms with Gasteiger partial charge in [-0.1, -0.05) is 94.9 Å². The van der Waals surface area contributed by atoms with E-state index < -0.39 is 0 Å². The molecule has 0 radical (unpaired) electrons. The van der Waals surface area contributed by atoms with Crippen LogP contribution in [0.25, 0.3) is 21.3 Å². The fraction of sp³-hybridized carbons (Fsp3) is 0.909. The number of carbonyl (C=O) groups excluding carboxylic acids is 2. The molecule has 0 fully saturated rings. The second-order valence-corrected chi connectivity index (χ2v) is 8.14. The average Bonchev–Trinajstić information content (AvgIpc) is 2.57. The molecular weight excluding hydrogens is 453 g/mol. The summed E-state index contributed by atoms with van der Waals surface area (Å²) >= 11 is 0. The molecule has 0 amide bonds. The summed E-state index contributed by atoms with van der Waals surface area (Å²) in [7, 11) is 0. The van der Waals surface area contributed by atoms with Crippen molar-refractivity contribution in [2.24, 2.45) is 0 Å². The minimum absolute atomic E-state index is 0. The Morgan fingerprint density at radius 3 is 1.00 bits per heavy atom. The molecule has 29 heavy (non-hydrogen) atoms. The Kier molecular flexibility index (Phi) is 35.0. The van der Waals surface area contributed by atoms with Gasteiger partial charge in [0.25, 0.3) is 0 Å². The molecule has 0 heterocycles. The smallest absolute Gasteiger partial charge is 0.678 e. The Morgan fingerprint density at radius 1 is 0.621 bits per heavy atom. The fourth-order valence-electron chi connectivity index (χ4n) is 2.23. The quantitative estimate of drug-likeness (QED) is 0.188. The van der Waals surface area contributed by atoms with E-state index in [1.807, 2.05) is 0 Å². The normalized spacial score (nSPS) is 12.5. The van der Waals surface area contributed by atoms with Gasteiger partial charge in [-0.05, 0) is 0 Å². The molecule has 0 aromatic carbocycles. The van der Waals surface area contributed by atoms with Crippen molar-refractivity contribution in [2.75, 3.05) is 13.1 Å². The minimum atomic E-state index is 0. The van der Waals surface area contributed by atoms with E-state index in [0.717, 1.165) is 38.8 Å². The fourth-order valence-corrected chi connectivity index (χ4v) is 2.23. The summed E-state index contributed by atoms with van der Waals surface area (Å²) in [6, 6.07) is 0. The average molecular weight is 500 g/mol. The van der Waals surface area contributed by atoms with Gasteiger partial charge in [-0.15, -0.1) is 11.1 Å². The van der Waals surface area contributed by atoms with Crippen molar-refractivity contribution in [2.45, 2.75) is 118 Å². The molecule has 2 atom stereocenters. The second-order valence-electron chi connectivity index (χ2n) is 8.14. The molecule has 2 unspecified atom stereocenters. The maximum Gasteiger partial charge on any atom is 6.00 e. The summed E-state index contributed by atoms with van der Waals surface area (Å²) in [6.07, 6.45) is 4.94. The SMILES string of the molecule is CCCC([N-]CC)[N-]C(C)(C)C.CCCC([N-]CC)[N-]C(C)(C)C.[CH-]=O.[CH-]=O.[Ru+6].